The van der Waals surface area contributed by atoms with Gasteiger partial charge in [0.2, 0.25) is 0 Å². The van der Waals surface area contributed by atoms with Gasteiger partial charge in [0.25, 0.3) is 5.91 Å². The van der Waals surface area contributed by atoms with E-state index in [1.807, 2.05) is 19.1 Å². The molecule has 0 bridgehead atoms. The predicted octanol–water partition coefficient (Wildman–Crippen LogP) is 2.56. The summed E-state index contributed by atoms with van der Waals surface area (Å²) >= 11 is 5.96. The molecule has 2 rings (SSSR count). The first-order valence-corrected chi connectivity index (χ1v) is 6.19. The summed E-state index contributed by atoms with van der Waals surface area (Å²) in [6.45, 7) is 2.31. The third-order valence-corrected chi connectivity index (χ3v) is 2.99. The smallest absolute Gasteiger partial charge is 0.253 e. The van der Waals surface area contributed by atoms with E-state index in [1.54, 1.807) is 24.4 Å². The summed E-state index contributed by atoms with van der Waals surface area (Å²) in [6.07, 6.45) is 1.73. The summed E-state index contributed by atoms with van der Waals surface area (Å²) in [5.74, 6) is -0.252. The van der Waals surface area contributed by atoms with Gasteiger partial charge in [-0.25, -0.2) is 0 Å². The number of rotatable bonds is 3. The Bertz CT molecular complexity index is 596. The lowest BCUT2D eigenvalue weighted by atomic mass is 10.2. The number of nitrogens with two attached hydrogens (primary N) is 1. The number of nitrogens with one attached hydrogen (secondary N) is 1. The molecule has 1 aromatic heterocycles. The zero-order chi connectivity index (χ0) is 13.8. The minimum absolute atomic E-state index is 0.252. The van der Waals surface area contributed by atoms with Crippen LogP contribution in [0.15, 0.2) is 36.5 Å². The number of halogens is 1. The summed E-state index contributed by atoms with van der Waals surface area (Å²) in [6, 6.07) is 8.64. The molecule has 0 saturated heterocycles. The molecule has 1 heterocycles. The lowest BCUT2D eigenvalue weighted by molar-refractivity contribution is 0.0951. The van der Waals surface area contributed by atoms with Gasteiger partial charge in [-0.3, -0.25) is 9.78 Å². The number of nitrogen functional groups attached to an aromatic ring is 1. The van der Waals surface area contributed by atoms with Crippen LogP contribution in [0, 0.1) is 6.92 Å². The number of carbonyl (C=O) groups is 1. The van der Waals surface area contributed by atoms with E-state index in [4.69, 9.17) is 17.3 Å². The Hall–Kier alpha value is -2.07. The van der Waals surface area contributed by atoms with Crippen molar-refractivity contribution in [3.8, 4) is 0 Å². The molecule has 1 amide bonds. The molecule has 5 heteroatoms. The van der Waals surface area contributed by atoms with Crippen LogP contribution in [0.1, 0.15) is 21.6 Å². The fourth-order valence-corrected chi connectivity index (χ4v) is 1.80. The van der Waals surface area contributed by atoms with Crippen molar-refractivity contribution in [2.45, 2.75) is 13.5 Å². The minimum Gasteiger partial charge on any atom is -0.399 e. The van der Waals surface area contributed by atoms with Crippen LogP contribution in [-0.2, 0) is 6.54 Å². The number of carbonyl (C=O) groups excluding carboxylic acids is 1. The molecule has 1 aromatic carbocycles. The number of aromatic nitrogens is 1. The summed E-state index contributed by atoms with van der Waals surface area (Å²) in [5, 5.41) is 3.17. The van der Waals surface area contributed by atoms with E-state index in [0.29, 0.717) is 22.8 Å². The van der Waals surface area contributed by atoms with Crippen LogP contribution >= 0.6 is 11.6 Å². The predicted molar refractivity (Wildman–Crippen MR) is 76.0 cm³/mol. The maximum atomic E-state index is 12.0. The average molecular weight is 276 g/mol. The van der Waals surface area contributed by atoms with Gasteiger partial charge in [-0.15, -0.1) is 0 Å². The Labute approximate surface area is 116 Å². The molecule has 0 atom stereocenters. The van der Waals surface area contributed by atoms with Crippen molar-refractivity contribution in [2.24, 2.45) is 0 Å². The van der Waals surface area contributed by atoms with Gasteiger partial charge in [-0.1, -0.05) is 17.7 Å². The molecule has 19 heavy (non-hydrogen) atoms. The second-order valence-electron chi connectivity index (χ2n) is 4.23. The van der Waals surface area contributed by atoms with E-state index < -0.39 is 0 Å². The lowest BCUT2D eigenvalue weighted by Crippen LogP contribution is -2.23. The molecule has 0 spiro atoms. The van der Waals surface area contributed by atoms with Crippen LogP contribution < -0.4 is 11.1 Å². The Morgan fingerprint density at radius 3 is 2.84 bits per heavy atom. The molecule has 0 fully saturated rings. The highest BCUT2D eigenvalue weighted by molar-refractivity contribution is 6.34. The van der Waals surface area contributed by atoms with Crippen LogP contribution in [0.5, 0.6) is 0 Å². The van der Waals surface area contributed by atoms with Gasteiger partial charge in [0, 0.05) is 24.1 Å². The van der Waals surface area contributed by atoms with Crippen molar-refractivity contribution in [3.05, 3.63) is 58.4 Å². The first-order chi connectivity index (χ1) is 9.06. The topological polar surface area (TPSA) is 68.0 Å². The summed E-state index contributed by atoms with van der Waals surface area (Å²) < 4.78 is 0. The largest absolute Gasteiger partial charge is 0.399 e. The number of anilines is 1. The van der Waals surface area contributed by atoms with Crippen molar-refractivity contribution in [1.29, 1.82) is 0 Å². The highest BCUT2D eigenvalue weighted by atomic mass is 35.5. The third kappa shape index (κ3) is 3.45. The number of amides is 1. The van der Waals surface area contributed by atoms with E-state index in [-0.39, 0.29) is 5.91 Å². The Kier molecular flexibility index (Phi) is 4.02. The number of aryl methyl sites for hydroxylation is 1. The summed E-state index contributed by atoms with van der Waals surface area (Å²) in [4.78, 5) is 16.2. The minimum atomic E-state index is -0.252. The van der Waals surface area contributed by atoms with Crippen LogP contribution in [0.4, 0.5) is 5.69 Å². The maximum absolute atomic E-state index is 12.0. The number of pyridine rings is 1. The number of hydrogen-bond acceptors (Lipinski definition) is 3. The quantitative estimate of drug-likeness (QED) is 0.846. The molecule has 2 aromatic rings. The number of benzene rings is 1. The Morgan fingerprint density at radius 2 is 2.16 bits per heavy atom. The van der Waals surface area contributed by atoms with Crippen molar-refractivity contribution < 1.29 is 4.79 Å². The molecule has 0 unspecified atom stereocenters. The summed E-state index contributed by atoms with van der Waals surface area (Å²) in [5.41, 5.74) is 8.39. The van der Waals surface area contributed by atoms with E-state index in [1.165, 1.54) is 0 Å². The van der Waals surface area contributed by atoms with Crippen LogP contribution in [0.25, 0.3) is 0 Å². The van der Waals surface area contributed by atoms with Crippen molar-refractivity contribution in [2.75, 3.05) is 5.73 Å². The molecule has 0 aliphatic rings. The number of hydrogen-bond donors (Lipinski definition) is 2. The van der Waals surface area contributed by atoms with E-state index in [0.717, 1.165) is 11.3 Å². The third-order valence-electron chi connectivity index (χ3n) is 2.66. The lowest BCUT2D eigenvalue weighted by Gasteiger charge is -2.07. The van der Waals surface area contributed by atoms with Gasteiger partial charge in [0.15, 0.2) is 0 Å². The molecule has 4 nitrogen and oxygen atoms in total. The van der Waals surface area contributed by atoms with Crippen LogP contribution in [-0.4, -0.2) is 10.9 Å². The van der Waals surface area contributed by atoms with Gasteiger partial charge >= 0.3 is 0 Å². The highest BCUT2D eigenvalue weighted by Crippen LogP contribution is 2.18. The van der Waals surface area contributed by atoms with Gasteiger partial charge < -0.3 is 11.1 Å². The standard InChI is InChI=1S/C14H14ClN3O/c1-9-2-3-10(7-17-9)8-18-14(19)12-6-11(16)4-5-13(12)15/h2-7H,8,16H2,1H3,(H,18,19). The molecule has 0 radical (unpaired) electrons. The van der Waals surface area contributed by atoms with Gasteiger partial charge in [-0.2, -0.15) is 0 Å². The Balaban J connectivity index is 2.05. The second-order valence-corrected chi connectivity index (χ2v) is 4.64. The summed E-state index contributed by atoms with van der Waals surface area (Å²) in [7, 11) is 0. The molecule has 0 saturated carbocycles. The monoisotopic (exact) mass is 275 g/mol. The van der Waals surface area contributed by atoms with Crippen molar-refractivity contribution >= 4 is 23.2 Å². The SMILES string of the molecule is Cc1ccc(CNC(=O)c2cc(N)ccc2Cl)cn1. The van der Waals surface area contributed by atoms with Gasteiger partial charge in [-0.05, 0) is 36.8 Å². The highest BCUT2D eigenvalue weighted by Gasteiger charge is 2.10. The average Bonchev–Trinajstić information content (AvgIpc) is 2.40. The van der Waals surface area contributed by atoms with Gasteiger partial charge in [0.05, 0.1) is 10.6 Å². The van der Waals surface area contributed by atoms with E-state index in [2.05, 4.69) is 10.3 Å². The normalized spacial score (nSPS) is 10.2. The molecule has 3 N–H and O–H groups in total. The van der Waals surface area contributed by atoms with Crippen molar-refractivity contribution in [3.63, 3.8) is 0 Å². The first kappa shape index (κ1) is 13.4. The number of nitrogens with zero attached hydrogens (tertiary/aromatic N) is 1. The zero-order valence-electron chi connectivity index (χ0n) is 10.5. The molecule has 98 valence electrons. The van der Waals surface area contributed by atoms with Gasteiger partial charge in [0.1, 0.15) is 0 Å². The van der Waals surface area contributed by atoms with Crippen LogP contribution in [0.3, 0.4) is 0 Å². The first-order valence-electron chi connectivity index (χ1n) is 5.81. The fraction of sp³-hybridized carbons (Fsp3) is 0.143. The zero-order valence-corrected chi connectivity index (χ0v) is 11.2. The van der Waals surface area contributed by atoms with Crippen LogP contribution in [0.2, 0.25) is 5.02 Å². The van der Waals surface area contributed by atoms with E-state index in [9.17, 15) is 4.79 Å². The molecular weight excluding hydrogens is 262 g/mol. The van der Waals surface area contributed by atoms with E-state index >= 15 is 0 Å². The second kappa shape index (κ2) is 5.71. The molecular formula is C14H14ClN3O. The fourth-order valence-electron chi connectivity index (χ4n) is 1.60. The Morgan fingerprint density at radius 1 is 1.37 bits per heavy atom. The molecule has 0 aliphatic carbocycles. The maximum Gasteiger partial charge on any atom is 0.253 e. The molecule has 0 aliphatic heterocycles. The van der Waals surface area contributed by atoms with Crippen molar-refractivity contribution in [1.82, 2.24) is 10.3 Å².